The van der Waals surface area contributed by atoms with Gasteiger partial charge in [0, 0.05) is 11.3 Å². The summed E-state index contributed by atoms with van der Waals surface area (Å²) in [5.74, 6) is 0.416. The normalized spacial score (nSPS) is 34.9. The second-order valence-electron chi connectivity index (χ2n) is 2.66. The third kappa shape index (κ3) is 1.45. The molecule has 1 aliphatic carbocycles. The molecule has 52 valence electrons. The van der Waals surface area contributed by atoms with E-state index in [0.717, 1.165) is 19.3 Å². The third-order valence-electron chi connectivity index (χ3n) is 1.95. The number of ketones is 1. The highest BCUT2D eigenvalue weighted by Crippen LogP contribution is 2.30. The summed E-state index contributed by atoms with van der Waals surface area (Å²) in [5, 5.41) is 0.127. The van der Waals surface area contributed by atoms with E-state index in [1.54, 1.807) is 6.92 Å². The highest BCUT2D eigenvalue weighted by atomic mass is 35.5. The number of carbonyl (C=O) groups is 1. The molecule has 0 aromatic carbocycles. The Bertz CT molecular complexity index is 122. The predicted molar refractivity (Wildman–Crippen MR) is 37.7 cm³/mol. The minimum absolute atomic E-state index is 0.127. The van der Waals surface area contributed by atoms with Crippen molar-refractivity contribution in [1.29, 1.82) is 0 Å². The Hall–Kier alpha value is -0.0400. The van der Waals surface area contributed by atoms with Gasteiger partial charge in [-0.2, -0.15) is 0 Å². The van der Waals surface area contributed by atoms with Crippen LogP contribution >= 0.6 is 11.6 Å². The maximum atomic E-state index is 10.8. The molecular formula is C7H11ClO. The van der Waals surface area contributed by atoms with E-state index in [1.165, 1.54) is 0 Å². The molecule has 0 aliphatic heterocycles. The SMILES string of the molecule is CC(=O)[C@@H]1CCC[C@@H]1Cl. The predicted octanol–water partition coefficient (Wildman–Crippen LogP) is 1.98. The summed E-state index contributed by atoms with van der Waals surface area (Å²) in [6, 6.07) is 0. The molecule has 0 radical (unpaired) electrons. The zero-order valence-electron chi connectivity index (χ0n) is 5.56. The van der Waals surface area contributed by atoms with Crippen molar-refractivity contribution in [1.82, 2.24) is 0 Å². The number of hydrogen-bond acceptors (Lipinski definition) is 1. The van der Waals surface area contributed by atoms with E-state index >= 15 is 0 Å². The second-order valence-corrected chi connectivity index (χ2v) is 3.22. The van der Waals surface area contributed by atoms with Crippen LogP contribution in [0.4, 0.5) is 0 Å². The fraction of sp³-hybridized carbons (Fsp3) is 0.857. The van der Waals surface area contributed by atoms with Gasteiger partial charge in [0.05, 0.1) is 0 Å². The van der Waals surface area contributed by atoms with Crippen molar-refractivity contribution in [2.24, 2.45) is 5.92 Å². The van der Waals surface area contributed by atoms with Gasteiger partial charge in [-0.3, -0.25) is 4.79 Å². The lowest BCUT2D eigenvalue weighted by atomic mass is 10.0. The summed E-state index contributed by atoms with van der Waals surface area (Å²) in [4.78, 5) is 10.8. The molecule has 0 aromatic rings. The highest BCUT2D eigenvalue weighted by Gasteiger charge is 2.28. The Morgan fingerprint density at radius 3 is 2.44 bits per heavy atom. The zero-order valence-corrected chi connectivity index (χ0v) is 6.32. The summed E-state index contributed by atoms with van der Waals surface area (Å²) in [6.07, 6.45) is 3.15. The van der Waals surface area contributed by atoms with Crippen molar-refractivity contribution in [2.75, 3.05) is 0 Å². The molecule has 0 amide bonds. The first-order valence-electron chi connectivity index (χ1n) is 3.36. The molecule has 1 rings (SSSR count). The first kappa shape index (κ1) is 7.07. The largest absolute Gasteiger partial charge is 0.300 e. The first-order chi connectivity index (χ1) is 4.22. The van der Waals surface area contributed by atoms with Gasteiger partial charge in [0.15, 0.2) is 0 Å². The molecule has 0 N–H and O–H groups in total. The van der Waals surface area contributed by atoms with Crippen molar-refractivity contribution in [2.45, 2.75) is 31.6 Å². The lowest BCUT2D eigenvalue weighted by molar-refractivity contribution is -0.120. The van der Waals surface area contributed by atoms with Gasteiger partial charge in [-0.15, -0.1) is 11.6 Å². The molecule has 1 aliphatic rings. The number of rotatable bonds is 1. The van der Waals surface area contributed by atoms with Gasteiger partial charge < -0.3 is 0 Å². The molecule has 9 heavy (non-hydrogen) atoms. The standard InChI is InChI=1S/C7H11ClO/c1-5(9)6-3-2-4-7(6)8/h6-7H,2-4H2,1H3/t6-,7-/m0/s1. The molecule has 0 spiro atoms. The van der Waals surface area contributed by atoms with E-state index in [4.69, 9.17) is 11.6 Å². The molecule has 1 saturated carbocycles. The van der Waals surface area contributed by atoms with Crippen LogP contribution in [0.1, 0.15) is 26.2 Å². The minimum atomic E-state index is 0.127. The number of carbonyl (C=O) groups excluding carboxylic acids is 1. The summed E-state index contributed by atoms with van der Waals surface area (Å²) in [6.45, 7) is 1.63. The molecule has 2 atom stereocenters. The second kappa shape index (κ2) is 2.70. The van der Waals surface area contributed by atoms with Crippen molar-refractivity contribution in [3.8, 4) is 0 Å². The van der Waals surface area contributed by atoms with E-state index in [0.29, 0.717) is 0 Å². The van der Waals surface area contributed by atoms with Crippen molar-refractivity contribution >= 4 is 17.4 Å². The van der Waals surface area contributed by atoms with Crippen LogP contribution in [0.15, 0.2) is 0 Å². The Labute approximate surface area is 60.4 Å². The fourth-order valence-electron chi connectivity index (χ4n) is 1.37. The maximum Gasteiger partial charge on any atom is 0.134 e. The lowest BCUT2D eigenvalue weighted by Gasteiger charge is -2.07. The van der Waals surface area contributed by atoms with Crippen LogP contribution in [0, 0.1) is 5.92 Å². The average Bonchev–Trinajstić information content (AvgIpc) is 2.13. The highest BCUT2D eigenvalue weighted by molar-refractivity contribution is 6.22. The van der Waals surface area contributed by atoms with Crippen LogP contribution in [0.3, 0.4) is 0 Å². The minimum Gasteiger partial charge on any atom is -0.300 e. The van der Waals surface area contributed by atoms with Gasteiger partial charge in [0.1, 0.15) is 5.78 Å². The third-order valence-corrected chi connectivity index (χ3v) is 2.48. The van der Waals surface area contributed by atoms with Crippen molar-refractivity contribution < 1.29 is 4.79 Å². The summed E-state index contributed by atoms with van der Waals surface area (Å²) in [7, 11) is 0. The van der Waals surface area contributed by atoms with E-state index in [-0.39, 0.29) is 17.1 Å². The Balaban J connectivity index is 2.49. The average molecular weight is 147 g/mol. The lowest BCUT2D eigenvalue weighted by Crippen LogP contribution is -2.15. The molecule has 1 nitrogen and oxygen atoms in total. The molecule has 0 saturated heterocycles. The van der Waals surface area contributed by atoms with E-state index in [1.807, 2.05) is 0 Å². The number of Topliss-reactive ketones (excluding diaryl/α,β-unsaturated/α-hetero) is 1. The van der Waals surface area contributed by atoms with Crippen LogP contribution in [-0.2, 0) is 4.79 Å². The van der Waals surface area contributed by atoms with Gasteiger partial charge in [0.25, 0.3) is 0 Å². The summed E-state index contributed by atoms with van der Waals surface area (Å²) in [5.41, 5.74) is 0. The Kier molecular flexibility index (Phi) is 2.12. The van der Waals surface area contributed by atoms with Crippen LogP contribution in [0.25, 0.3) is 0 Å². The first-order valence-corrected chi connectivity index (χ1v) is 3.80. The Morgan fingerprint density at radius 1 is 1.56 bits per heavy atom. The van der Waals surface area contributed by atoms with Gasteiger partial charge in [-0.25, -0.2) is 0 Å². The monoisotopic (exact) mass is 146 g/mol. The Morgan fingerprint density at radius 2 is 2.22 bits per heavy atom. The smallest absolute Gasteiger partial charge is 0.134 e. The maximum absolute atomic E-state index is 10.8. The van der Waals surface area contributed by atoms with Gasteiger partial charge >= 0.3 is 0 Å². The van der Waals surface area contributed by atoms with E-state index < -0.39 is 0 Å². The molecule has 0 bridgehead atoms. The fourth-order valence-corrected chi connectivity index (χ4v) is 1.83. The number of alkyl halides is 1. The quantitative estimate of drug-likeness (QED) is 0.517. The number of halogens is 1. The van der Waals surface area contributed by atoms with Crippen LogP contribution in [0.5, 0.6) is 0 Å². The molecule has 0 aromatic heterocycles. The van der Waals surface area contributed by atoms with E-state index in [2.05, 4.69) is 0 Å². The van der Waals surface area contributed by atoms with Crippen LogP contribution in [0.2, 0.25) is 0 Å². The van der Waals surface area contributed by atoms with Gasteiger partial charge in [0.2, 0.25) is 0 Å². The van der Waals surface area contributed by atoms with Crippen LogP contribution in [-0.4, -0.2) is 11.2 Å². The zero-order chi connectivity index (χ0) is 6.85. The molecule has 0 heterocycles. The molecule has 0 unspecified atom stereocenters. The summed E-state index contributed by atoms with van der Waals surface area (Å²) < 4.78 is 0. The topological polar surface area (TPSA) is 17.1 Å². The summed E-state index contributed by atoms with van der Waals surface area (Å²) >= 11 is 5.85. The molecule has 1 fully saturated rings. The molecular weight excluding hydrogens is 136 g/mol. The number of hydrogen-bond donors (Lipinski definition) is 0. The molecule has 2 heteroatoms. The van der Waals surface area contributed by atoms with Gasteiger partial charge in [-0.1, -0.05) is 6.42 Å². The van der Waals surface area contributed by atoms with E-state index in [9.17, 15) is 4.79 Å². The van der Waals surface area contributed by atoms with Crippen molar-refractivity contribution in [3.05, 3.63) is 0 Å². The van der Waals surface area contributed by atoms with Crippen LogP contribution < -0.4 is 0 Å². The van der Waals surface area contributed by atoms with Crippen molar-refractivity contribution in [3.63, 3.8) is 0 Å². The van der Waals surface area contributed by atoms with Gasteiger partial charge in [-0.05, 0) is 19.8 Å².